The second kappa shape index (κ2) is 6.12. The summed E-state index contributed by atoms with van der Waals surface area (Å²) >= 11 is 0. The highest BCUT2D eigenvalue weighted by Crippen LogP contribution is 2.53. The predicted octanol–water partition coefficient (Wildman–Crippen LogP) is 4.83. The zero-order valence-corrected chi connectivity index (χ0v) is 16.1. The molecule has 0 heterocycles. The van der Waals surface area contributed by atoms with Gasteiger partial charge in [0.1, 0.15) is 0 Å². The van der Waals surface area contributed by atoms with Crippen LogP contribution in [0.4, 0.5) is 0 Å². The third kappa shape index (κ3) is 3.05. The lowest BCUT2D eigenvalue weighted by molar-refractivity contribution is -0.143. The van der Waals surface area contributed by atoms with Crippen molar-refractivity contribution in [2.75, 3.05) is 6.61 Å². The number of fused-ring (bicyclic) bond motifs is 1. The highest BCUT2D eigenvalue weighted by molar-refractivity contribution is 6.74. The summed E-state index contributed by atoms with van der Waals surface area (Å²) in [5.41, 5.74) is 0.428. The first-order valence-electron chi connectivity index (χ1n) is 8.73. The van der Waals surface area contributed by atoms with E-state index < -0.39 is 8.32 Å². The quantitative estimate of drug-likeness (QED) is 0.549. The molecule has 0 N–H and O–H groups in total. The molecule has 0 saturated heterocycles. The van der Waals surface area contributed by atoms with Crippen LogP contribution in [0.2, 0.25) is 18.1 Å². The Hall–Kier alpha value is -0.613. The molecule has 0 spiro atoms. The van der Waals surface area contributed by atoms with Gasteiger partial charge in [-0.3, -0.25) is 0 Å². The minimum atomic E-state index is -1.94. The number of esters is 1. The molecule has 0 bridgehead atoms. The van der Waals surface area contributed by atoms with Crippen molar-refractivity contribution in [3.8, 4) is 0 Å². The molecular formula is C18H32O3Si. The van der Waals surface area contributed by atoms with Gasteiger partial charge in [0, 0.05) is 5.92 Å². The standard InChI is InChI=1S/C18H32O3Si/c1-7-20-16(19)15-13-14-11-9-8-10-12-18(14,15)21-22(5,6)17(2,3)4/h13-14H,7-12H2,1-6H3/t14-,18-/m0/s1. The average Bonchev–Trinajstić information content (AvgIpc) is 2.51. The van der Waals surface area contributed by atoms with E-state index in [9.17, 15) is 4.79 Å². The molecule has 0 aliphatic heterocycles. The van der Waals surface area contributed by atoms with E-state index in [4.69, 9.17) is 9.16 Å². The van der Waals surface area contributed by atoms with Gasteiger partial charge in [-0.15, -0.1) is 0 Å². The summed E-state index contributed by atoms with van der Waals surface area (Å²) in [6.07, 6.45) is 7.84. The Kier molecular flexibility index (Phi) is 4.93. The minimum Gasteiger partial charge on any atom is -0.463 e. The van der Waals surface area contributed by atoms with Crippen LogP contribution in [0.5, 0.6) is 0 Å². The topological polar surface area (TPSA) is 35.5 Å². The molecule has 0 amide bonds. The monoisotopic (exact) mass is 324 g/mol. The lowest BCUT2D eigenvalue weighted by atomic mass is 9.67. The van der Waals surface area contributed by atoms with Crippen LogP contribution in [0.15, 0.2) is 11.6 Å². The van der Waals surface area contributed by atoms with Crippen molar-refractivity contribution < 1.29 is 14.0 Å². The Morgan fingerprint density at radius 3 is 2.59 bits per heavy atom. The fourth-order valence-corrected chi connectivity index (χ4v) is 4.97. The van der Waals surface area contributed by atoms with E-state index in [1.807, 2.05) is 6.92 Å². The van der Waals surface area contributed by atoms with Gasteiger partial charge in [0.2, 0.25) is 0 Å². The van der Waals surface area contributed by atoms with Crippen LogP contribution in [0.1, 0.15) is 59.8 Å². The van der Waals surface area contributed by atoms with Gasteiger partial charge in [-0.05, 0) is 37.9 Å². The fourth-order valence-electron chi connectivity index (χ4n) is 3.39. The second-order valence-corrected chi connectivity index (χ2v) is 13.0. The summed E-state index contributed by atoms with van der Waals surface area (Å²) in [5, 5.41) is 0.147. The van der Waals surface area contributed by atoms with E-state index in [0.717, 1.165) is 24.8 Å². The molecule has 0 radical (unpaired) electrons. The Bertz CT molecular complexity index is 461. The largest absolute Gasteiger partial charge is 0.463 e. The molecule has 1 saturated carbocycles. The van der Waals surface area contributed by atoms with Crippen molar-refractivity contribution in [2.24, 2.45) is 5.92 Å². The van der Waals surface area contributed by atoms with E-state index in [1.165, 1.54) is 12.8 Å². The van der Waals surface area contributed by atoms with Gasteiger partial charge in [0.15, 0.2) is 8.32 Å². The summed E-state index contributed by atoms with van der Waals surface area (Å²) in [5.74, 6) is 0.225. The normalized spacial score (nSPS) is 29.0. The van der Waals surface area contributed by atoms with Crippen LogP contribution in [0.25, 0.3) is 0 Å². The Balaban J connectivity index is 2.32. The summed E-state index contributed by atoms with van der Waals surface area (Å²) in [7, 11) is -1.94. The molecule has 2 atom stereocenters. The Labute approximate surface area is 136 Å². The minimum absolute atomic E-state index is 0.147. The lowest BCUT2D eigenvalue weighted by Crippen LogP contribution is -2.58. The van der Waals surface area contributed by atoms with Crippen molar-refractivity contribution >= 4 is 14.3 Å². The van der Waals surface area contributed by atoms with Gasteiger partial charge in [-0.1, -0.05) is 46.1 Å². The van der Waals surface area contributed by atoms with E-state index in [-0.39, 0.29) is 16.6 Å². The predicted molar refractivity (Wildman–Crippen MR) is 92.3 cm³/mol. The van der Waals surface area contributed by atoms with Gasteiger partial charge in [-0.25, -0.2) is 4.79 Å². The molecule has 4 heteroatoms. The SMILES string of the molecule is CCOC(=O)C1=C[C@@H]2CCCCC[C@@]12O[Si](C)(C)C(C)(C)C. The average molecular weight is 325 g/mol. The van der Waals surface area contributed by atoms with Crippen molar-refractivity contribution in [1.29, 1.82) is 0 Å². The number of hydrogen-bond acceptors (Lipinski definition) is 3. The smallest absolute Gasteiger partial charge is 0.336 e. The number of carbonyl (C=O) groups is 1. The second-order valence-electron chi connectivity index (χ2n) is 8.26. The molecule has 1 fully saturated rings. The molecule has 22 heavy (non-hydrogen) atoms. The highest BCUT2D eigenvalue weighted by Gasteiger charge is 2.56. The molecule has 0 aromatic rings. The van der Waals surface area contributed by atoms with Gasteiger partial charge < -0.3 is 9.16 Å². The molecule has 2 rings (SSSR count). The molecule has 2 aliphatic carbocycles. The van der Waals surface area contributed by atoms with Crippen LogP contribution >= 0.6 is 0 Å². The van der Waals surface area contributed by atoms with Crippen LogP contribution in [0, 0.1) is 5.92 Å². The third-order valence-electron chi connectivity index (χ3n) is 5.72. The van der Waals surface area contributed by atoms with Crippen molar-refractivity contribution in [3.63, 3.8) is 0 Å². The molecule has 0 aromatic heterocycles. The van der Waals surface area contributed by atoms with Crippen LogP contribution < -0.4 is 0 Å². The fraction of sp³-hybridized carbons (Fsp3) is 0.833. The first kappa shape index (κ1) is 17.7. The molecule has 0 aromatic carbocycles. The molecule has 126 valence electrons. The van der Waals surface area contributed by atoms with E-state index >= 15 is 0 Å². The van der Waals surface area contributed by atoms with E-state index in [1.54, 1.807) is 0 Å². The van der Waals surface area contributed by atoms with Crippen molar-refractivity contribution in [2.45, 2.75) is 83.5 Å². The maximum absolute atomic E-state index is 12.4. The molecule has 2 aliphatic rings. The maximum atomic E-state index is 12.4. The van der Waals surface area contributed by atoms with Gasteiger partial charge in [0.05, 0.1) is 17.8 Å². The highest BCUT2D eigenvalue weighted by atomic mass is 28.4. The summed E-state index contributed by atoms with van der Waals surface area (Å²) in [4.78, 5) is 12.4. The number of rotatable bonds is 4. The molecular weight excluding hydrogens is 292 g/mol. The summed E-state index contributed by atoms with van der Waals surface area (Å²) in [6, 6.07) is 0. The lowest BCUT2D eigenvalue weighted by Gasteiger charge is -2.53. The van der Waals surface area contributed by atoms with Gasteiger partial charge in [-0.2, -0.15) is 0 Å². The Morgan fingerprint density at radius 2 is 2.00 bits per heavy atom. The third-order valence-corrected chi connectivity index (χ3v) is 10.2. The zero-order chi connectivity index (χ0) is 16.6. The summed E-state index contributed by atoms with van der Waals surface area (Å²) in [6.45, 7) is 13.6. The zero-order valence-electron chi connectivity index (χ0n) is 15.1. The molecule has 3 nitrogen and oxygen atoms in total. The summed E-state index contributed by atoms with van der Waals surface area (Å²) < 4.78 is 12.1. The van der Waals surface area contributed by atoms with Crippen molar-refractivity contribution in [1.82, 2.24) is 0 Å². The number of ether oxygens (including phenoxy) is 1. The van der Waals surface area contributed by atoms with Gasteiger partial charge >= 0.3 is 5.97 Å². The van der Waals surface area contributed by atoms with E-state index in [0.29, 0.717) is 12.5 Å². The van der Waals surface area contributed by atoms with Crippen LogP contribution in [0.3, 0.4) is 0 Å². The van der Waals surface area contributed by atoms with E-state index in [2.05, 4.69) is 39.9 Å². The van der Waals surface area contributed by atoms with Gasteiger partial charge in [0.25, 0.3) is 0 Å². The number of carbonyl (C=O) groups excluding carboxylic acids is 1. The maximum Gasteiger partial charge on any atom is 0.336 e. The number of hydrogen-bond donors (Lipinski definition) is 0. The van der Waals surface area contributed by atoms with Crippen molar-refractivity contribution in [3.05, 3.63) is 11.6 Å². The van der Waals surface area contributed by atoms with Crippen LogP contribution in [-0.4, -0.2) is 26.5 Å². The van der Waals surface area contributed by atoms with Crippen LogP contribution in [-0.2, 0) is 14.0 Å². The first-order chi connectivity index (χ1) is 10.1. The first-order valence-corrected chi connectivity index (χ1v) is 11.6. The Morgan fingerprint density at radius 1 is 1.32 bits per heavy atom. The molecule has 0 unspecified atom stereocenters.